The molecule has 15 heavy (non-hydrogen) atoms. The van der Waals surface area contributed by atoms with Crippen molar-refractivity contribution in [2.45, 2.75) is 6.92 Å². The van der Waals surface area contributed by atoms with Gasteiger partial charge < -0.3 is 5.11 Å². The molecule has 0 aliphatic carbocycles. The number of carbonyl (C=O) groups is 1. The van der Waals surface area contributed by atoms with Gasteiger partial charge in [0.2, 0.25) is 0 Å². The topological polar surface area (TPSA) is 37.3 Å². The lowest BCUT2D eigenvalue weighted by Gasteiger charge is -2.08. The lowest BCUT2D eigenvalue weighted by atomic mass is 10.2. The minimum absolute atomic E-state index is 0.338. The summed E-state index contributed by atoms with van der Waals surface area (Å²) in [5.74, 6) is -0.540. The minimum Gasteiger partial charge on any atom is -0.481 e. The van der Waals surface area contributed by atoms with E-state index < -0.39 is 5.97 Å². The third-order valence-corrected chi connectivity index (χ3v) is 3.28. The molecule has 0 amide bonds. The van der Waals surface area contributed by atoms with Crippen molar-refractivity contribution in [3.05, 3.63) is 42.5 Å². The normalized spacial score (nSPS) is 12.1. The predicted molar refractivity (Wildman–Crippen MR) is 64.7 cm³/mol. The van der Waals surface area contributed by atoms with Crippen molar-refractivity contribution in [1.29, 1.82) is 0 Å². The number of carboxylic acids is 1. The zero-order valence-corrected chi connectivity index (χ0v) is 9.46. The summed E-state index contributed by atoms with van der Waals surface area (Å²) in [6.07, 6.45) is 0. The Morgan fingerprint density at radius 3 is 2.60 bits per heavy atom. The standard InChI is InChI=1S/C12H14O2S/c1-9(12(13)14)8-15-10(2)11-6-4-3-5-7-11/h3-7,9H,2,8H2,1H3,(H,13,14). The third kappa shape index (κ3) is 3.80. The van der Waals surface area contributed by atoms with E-state index in [1.165, 1.54) is 11.8 Å². The lowest BCUT2D eigenvalue weighted by Crippen LogP contribution is -2.11. The number of rotatable bonds is 5. The van der Waals surface area contributed by atoms with Gasteiger partial charge in [0, 0.05) is 10.7 Å². The molecule has 1 aromatic rings. The number of benzene rings is 1. The summed E-state index contributed by atoms with van der Waals surface area (Å²) in [6, 6.07) is 9.78. The van der Waals surface area contributed by atoms with E-state index in [9.17, 15) is 4.79 Å². The molecule has 0 saturated carbocycles. The summed E-state index contributed by atoms with van der Waals surface area (Å²) in [5.41, 5.74) is 1.06. The quantitative estimate of drug-likeness (QED) is 0.831. The van der Waals surface area contributed by atoms with Crippen molar-refractivity contribution >= 4 is 22.6 Å². The van der Waals surface area contributed by atoms with Gasteiger partial charge in [0.15, 0.2) is 0 Å². The summed E-state index contributed by atoms with van der Waals surface area (Å²) >= 11 is 1.49. The van der Waals surface area contributed by atoms with Gasteiger partial charge in [-0.15, -0.1) is 11.8 Å². The molecule has 1 aromatic carbocycles. The molecule has 1 N–H and O–H groups in total. The first kappa shape index (κ1) is 11.9. The molecule has 0 spiro atoms. The first-order valence-corrected chi connectivity index (χ1v) is 5.69. The fourth-order valence-corrected chi connectivity index (χ4v) is 1.90. The van der Waals surface area contributed by atoms with E-state index in [1.54, 1.807) is 6.92 Å². The summed E-state index contributed by atoms with van der Waals surface area (Å²) in [6.45, 7) is 5.63. The molecule has 0 saturated heterocycles. The van der Waals surface area contributed by atoms with Crippen molar-refractivity contribution in [1.82, 2.24) is 0 Å². The van der Waals surface area contributed by atoms with Gasteiger partial charge in [-0.2, -0.15) is 0 Å². The minimum atomic E-state index is -0.761. The zero-order chi connectivity index (χ0) is 11.3. The van der Waals surface area contributed by atoms with Gasteiger partial charge in [-0.05, 0) is 5.56 Å². The molecule has 3 heteroatoms. The van der Waals surface area contributed by atoms with Gasteiger partial charge in [-0.25, -0.2) is 0 Å². The highest BCUT2D eigenvalue weighted by molar-refractivity contribution is 8.08. The van der Waals surface area contributed by atoms with Crippen LogP contribution in [-0.4, -0.2) is 16.8 Å². The molecule has 0 fully saturated rings. The Morgan fingerprint density at radius 1 is 1.47 bits per heavy atom. The van der Waals surface area contributed by atoms with Gasteiger partial charge in [0.25, 0.3) is 0 Å². The lowest BCUT2D eigenvalue weighted by molar-refractivity contribution is -0.140. The second-order valence-electron chi connectivity index (χ2n) is 3.34. The van der Waals surface area contributed by atoms with Crippen LogP contribution in [0.25, 0.3) is 4.91 Å². The van der Waals surface area contributed by atoms with Crippen LogP contribution in [0.3, 0.4) is 0 Å². The SMILES string of the molecule is C=C(SCC(C)C(=O)O)c1ccccc1. The van der Waals surface area contributed by atoms with Crippen LogP contribution in [-0.2, 0) is 4.79 Å². The summed E-state index contributed by atoms with van der Waals surface area (Å²) in [4.78, 5) is 11.5. The molecule has 0 radical (unpaired) electrons. The van der Waals surface area contributed by atoms with Crippen LogP contribution < -0.4 is 0 Å². The maximum absolute atomic E-state index is 10.6. The first-order valence-electron chi connectivity index (χ1n) is 4.71. The van der Waals surface area contributed by atoms with Crippen molar-refractivity contribution in [3.63, 3.8) is 0 Å². The molecule has 80 valence electrons. The molecule has 0 aliphatic heterocycles. The highest BCUT2D eigenvalue weighted by atomic mass is 32.2. The van der Waals surface area contributed by atoms with Crippen LogP contribution in [0, 0.1) is 5.92 Å². The van der Waals surface area contributed by atoms with Gasteiger partial charge in [0.05, 0.1) is 5.92 Å². The first-order chi connectivity index (χ1) is 7.11. The Kier molecular flexibility index (Phi) is 4.43. The Labute approximate surface area is 94.0 Å². The molecular formula is C12H14O2S. The second-order valence-corrected chi connectivity index (χ2v) is 4.45. The molecule has 0 aliphatic rings. The van der Waals surface area contributed by atoms with E-state index in [1.807, 2.05) is 30.3 Å². The van der Waals surface area contributed by atoms with Crippen LogP contribution in [0.2, 0.25) is 0 Å². The monoisotopic (exact) mass is 222 g/mol. The van der Waals surface area contributed by atoms with Gasteiger partial charge in [-0.3, -0.25) is 4.79 Å². The van der Waals surface area contributed by atoms with Gasteiger partial charge >= 0.3 is 5.97 Å². The molecule has 1 unspecified atom stereocenters. The van der Waals surface area contributed by atoms with Gasteiger partial charge in [-0.1, -0.05) is 43.8 Å². The Bertz CT molecular complexity index is 346. The maximum atomic E-state index is 10.6. The highest BCUT2D eigenvalue weighted by Crippen LogP contribution is 2.26. The number of hydrogen-bond acceptors (Lipinski definition) is 2. The number of aliphatic carboxylic acids is 1. The fraction of sp³-hybridized carbons (Fsp3) is 0.250. The smallest absolute Gasteiger partial charge is 0.307 e. The second kappa shape index (κ2) is 5.61. The van der Waals surface area contributed by atoms with Crippen LogP contribution in [0.5, 0.6) is 0 Å². The predicted octanol–water partition coefficient (Wildman–Crippen LogP) is 3.11. The summed E-state index contributed by atoms with van der Waals surface area (Å²) in [5, 5.41) is 8.72. The van der Waals surface area contributed by atoms with Crippen molar-refractivity contribution in [2.24, 2.45) is 5.92 Å². The molecule has 0 bridgehead atoms. The van der Waals surface area contributed by atoms with Crippen LogP contribution in [0.1, 0.15) is 12.5 Å². The fourth-order valence-electron chi connectivity index (χ4n) is 1.00. The Balaban J connectivity index is 2.47. The molecule has 2 nitrogen and oxygen atoms in total. The highest BCUT2D eigenvalue weighted by Gasteiger charge is 2.11. The van der Waals surface area contributed by atoms with Crippen LogP contribution >= 0.6 is 11.8 Å². The molecule has 1 atom stereocenters. The number of thioether (sulfide) groups is 1. The van der Waals surface area contributed by atoms with E-state index in [4.69, 9.17) is 5.11 Å². The van der Waals surface area contributed by atoms with E-state index in [2.05, 4.69) is 6.58 Å². The molecule has 0 aromatic heterocycles. The summed E-state index contributed by atoms with van der Waals surface area (Å²) < 4.78 is 0. The average molecular weight is 222 g/mol. The largest absolute Gasteiger partial charge is 0.481 e. The van der Waals surface area contributed by atoms with Crippen molar-refractivity contribution in [2.75, 3.05) is 5.75 Å². The Hall–Kier alpha value is -1.22. The van der Waals surface area contributed by atoms with Crippen molar-refractivity contribution in [3.8, 4) is 0 Å². The van der Waals surface area contributed by atoms with E-state index in [0.29, 0.717) is 5.75 Å². The average Bonchev–Trinajstić information content (AvgIpc) is 2.26. The number of hydrogen-bond donors (Lipinski definition) is 1. The molecule has 1 rings (SSSR count). The Morgan fingerprint density at radius 2 is 2.07 bits per heavy atom. The van der Waals surface area contributed by atoms with E-state index in [0.717, 1.165) is 10.5 Å². The van der Waals surface area contributed by atoms with Gasteiger partial charge in [0.1, 0.15) is 0 Å². The van der Waals surface area contributed by atoms with E-state index >= 15 is 0 Å². The van der Waals surface area contributed by atoms with E-state index in [-0.39, 0.29) is 5.92 Å². The number of carboxylic acid groups (broad SMARTS) is 1. The van der Waals surface area contributed by atoms with Crippen LogP contribution in [0.15, 0.2) is 36.9 Å². The maximum Gasteiger partial charge on any atom is 0.307 e. The summed E-state index contributed by atoms with van der Waals surface area (Å²) in [7, 11) is 0. The molecular weight excluding hydrogens is 208 g/mol. The third-order valence-electron chi connectivity index (χ3n) is 2.02. The van der Waals surface area contributed by atoms with Crippen LogP contribution in [0.4, 0.5) is 0 Å². The molecule has 0 heterocycles. The zero-order valence-electron chi connectivity index (χ0n) is 8.64. The van der Waals surface area contributed by atoms with Crippen molar-refractivity contribution < 1.29 is 9.90 Å².